The summed E-state index contributed by atoms with van der Waals surface area (Å²) in [6.45, 7) is 8.66. The Morgan fingerprint density at radius 2 is 2.09 bits per heavy atom. The Morgan fingerprint density at radius 3 is 2.18 bits per heavy atom. The second-order valence-corrected chi connectivity index (χ2v) is 1.93. The fourth-order valence-electron chi connectivity index (χ4n) is 0.753. The van der Waals surface area contributed by atoms with Gasteiger partial charge in [0.15, 0.2) is 0 Å². The second-order valence-electron chi connectivity index (χ2n) is 1.93. The molecule has 0 rings (SSSR count). The summed E-state index contributed by atoms with van der Waals surface area (Å²) in [6.07, 6.45) is 3.33. The molecule has 0 aromatic rings. The van der Waals surface area contributed by atoms with Crippen molar-refractivity contribution in [3.63, 3.8) is 0 Å². The molecule has 0 aliphatic rings. The van der Waals surface area contributed by atoms with Gasteiger partial charge in [-0.3, -0.25) is 10.1 Å². The number of allylic oxidation sites excluding steroid dienone is 3. The molecular weight excluding hydrogens is 142 g/mol. The van der Waals surface area contributed by atoms with Gasteiger partial charge in [0.25, 0.3) is 5.70 Å². The standard InChI is InChI=1S/C8H11NO2/c1-4-7(5-2)8(6-3)9(10)11/h4,6H,1,3,5H2,2H3/b8-7-. The van der Waals surface area contributed by atoms with Crippen molar-refractivity contribution >= 4 is 0 Å². The Balaban J connectivity index is 4.92. The molecule has 0 bridgehead atoms. The lowest BCUT2D eigenvalue weighted by molar-refractivity contribution is -0.420. The molecule has 0 aromatic heterocycles. The highest BCUT2D eigenvalue weighted by atomic mass is 16.6. The second kappa shape index (κ2) is 4.44. The lowest BCUT2D eigenvalue weighted by Gasteiger charge is -1.96. The van der Waals surface area contributed by atoms with Gasteiger partial charge in [-0.2, -0.15) is 0 Å². The monoisotopic (exact) mass is 153 g/mol. The summed E-state index contributed by atoms with van der Waals surface area (Å²) in [5.41, 5.74) is 0.660. The van der Waals surface area contributed by atoms with Gasteiger partial charge in [-0.1, -0.05) is 26.2 Å². The van der Waals surface area contributed by atoms with E-state index in [9.17, 15) is 10.1 Å². The van der Waals surface area contributed by atoms with Crippen LogP contribution in [0, 0.1) is 10.1 Å². The predicted octanol–water partition coefficient (Wildman–Crippen LogP) is 2.30. The molecule has 11 heavy (non-hydrogen) atoms. The molecule has 60 valence electrons. The number of rotatable bonds is 4. The molecule has 0 radical (unpaired) electrons. The minimum Gasteiger partial charge on any atom is -0.258 e. The SMILES string of the molecule is C=C/C(CC)=C(\C=C)[N+](=O)[O-]. The molecule has 0 atom stereocenters. The van der Waals surface area contributed by atoms with E-state index >= 15 is 0 Å². The number of hydrogen-bond acceptors (Lipinski definition) is 2. The smallest absolute Gasteiger partial charge is 0.258 e. The molecule has 3 heteroatoms. The Kier molecular flexibility index (Phi) is 3.88. The molecule has 0 aliphatic heterocycles. The van der Waals surface area contributed by atoms with Crippen molar-refractivity contribution in [2.45, 2.75) is 13.3 Å². The minimum absolute atomic E-state index is 0.0440. The summed E-state index contributed by atoms with van der Waals surface area (Å²) >= 11 is 0. The highest BCUT2D eigenvalue weighted by Crippen LogP contribution is 2.10. The molecular formula is C8H11NO2. The molecule has 0 heterocycles. The van der Waals surface area contributed by atoms with Crippen LogP contribution in [0.15, 0.2) is 36.6 Å². The van der Waals surface area contributed by atoms with Crippen LogP contribution in [-0.4, -0.2) is 4.92 Å². The molecule has 0 saturated carbocycles. The average molecular weight is 153 g/mol. The van der Waals surface area contributed by atoms with E-state index in [0.717, 1.165) is 0 Å². The van der Waals surface area contributed by atoms with E-state index in [1.54, 1.807) is 0 Å². The van der Waals surface area contributed by atoms with Crippen LogP contribution in [0.3, 0.4) is 0 Å². The largest absolute Gasteiger partial charge is 0.271 e. The van der Waals surface area contributed by atoms with Gasteiger partial charge in [0, 0.05) is 11.6 Å². The van der Waals surface area contributed by atoms with E-state index in [-0.39, 0.29) is 5.70 Å². The lowest BCUT2D eigenvalue weighted by atomic mass is 10.1. The molecule has 0 saturated heterocycles. The fourth-order valence-corrected chi connectivity index (χ4v) is 0.753. The van der Waals surface area contributed by atoms with E-state index in [4.69, 9.17) is 0 Å². The van der Waals surface area contributed by atoms with Crippen molar-refractivity contribution in [3.8, 4) is 0 Å². The van der Waals surface area contributed by atoms with Crippen molar-refractivity contribution in [2.75, 3.05) is 0 Å². The summed E-state index contributed by atoms with van der Waals surface area (Å²) in [5.74, 6) is 0. The van der Waals surface area contributed by atoms with Crippen molar-refractivity contribution in [1.82, 2.24) is 0 Å². The first-order valence-corrected chi connectivity index (χ1v) is 3.29. The Morgan fingerprint density at radius 1 is 1.55 bits per heavy atom. The summed E-state index contributed by atoms with van der Waals surface area (Å²) in [4.78, 5) is 9.87. The van der Waals surface area contributed by atoms with Gasteiger partial charge in [-0.05, 0) is 6.42 Å². The van der Waals surface area contributed by atoms with Gasteiger partial charge in [-0.15, -0.1) is 0 Å². The summed E-state index contributed by atoms with van der Waals surface area (Å²) in [6, 6.07) is 0. The zero-order valence-corrected chi connectivity index (χ0v) is 6.54. The first-order valence-electron chi connectivity index (χ1n) is 3.29. The summed E-state index contributed by atoms with van der Waals surface area (Å²) in [7, 11) is 0. The summed E-state index contributed by atoms with van der Waals surface area (Å²) < 4.78 is 0. The quantitative estimate of drug-likeness (QED) is 0.353. The topological polar surface area (TPSA) is 43.1 Å². The van der Waals surface area contributed by atoms with E-state index in [1.165, 1.54) is 12.2 Å². The molecule has 0 fully saturated rings. The van der Waals surface area contributed by atoms with Crippen LogP contribution >= 0.6 is 0 Å². The van der Waals surface area contributed by atoms with Crippen LogP contribution in [0.1, 0.15) is 13.3 Å². The van der Waals surface area contributed by atoms with Gasteiger partial charge in [0.05, 0.1) is 4.92 Å². The van der Waals surface area contributed by atoms with Crippen molar-refractivity contribution in [1.29, 1.82) is 0 Å². The van der Waals surface area contributed by atoms with Crippen molar-refractivity contribution < 1.29 is 4.92 Å². The highest BCUT2D eigenvalue weighted by Gasteiger charge is 2.09. The van der Waals surface area contributed by atoms with Crippen LogP contribution < -0.4 is 0 Å². The maximum Gasteiger partial charge on any atom is 0.271 e. The third-order valence-electron chi connectivity index (χ3n) is 1.35. The Labute approximate surface area is 65.9 Å². The molecule has 0 aliphatic carbocycles. The predicted molar refractivity (Wildman–Crippen MR) is 44.7 cm³/mol. The van der Waals surface area contributed by atoms with Crippen molar-refractivity contribution in [2.24, 2.45) is 0 Å². The lowest BCUT2D eigenvalue weighted by Crippen LogP contribution is -1.98. The first kappa shape index (κ1) is 9.62. The van der Waals surface area contributed by atoms with Gasteiger partial charge in [0.2, 0.25) is 0 Å². The van der Waals surface area contributed by atoms with E-state index in [1.807, 2.05) is 6.92 Å². The van der Waals surface area contributed by atoms with Crippen LogP contribution in [0.5, 0.6) is 0 Å². The first-order chi connectivity index (χ1) is 5.17. The number of nitro groups is 1. The van der Waals surface area contributed by atoms with Crippen LogP contribution in [0.4, 0.5) is 0 Å². The molecule has 3 nitrogen and oxygen atoms in total. The fraction of sp³-hybridized carbons (Fsp3) is 0.250. The molecule has 0 aromatic carbocycles. The zero-order valence-electron chi connectivity index (χ0n) is 6.54. The van der Waals surface area contributed by atoms with Gasteiger partial charge in [0.1, 0.15) is 0 Å². The molecule has 0 amide bonds. The molecule has 0 N–H and O–H groups in total. The van der Waals surface area contributed by atoms with Crippen LogP contribution in [0.25, 0.3) is 0 Å². The van der Waals surface area contributed by atoms with Crippen LogP contribution in [-0.2, 0) is 0 Å². The maximum atomic E-state index is 10.3. The normalized spacial score (nSPS) is 11.7. The summed E-state index contributed by atoms with van der Waals surface area (Å²) in [5, 5.41) is 10.3. The number of nitrogens with zero attached hydrogens (tertiary/aromatic N) is 1. The maximum absolute atomic E-state index is 10.3. The average Bonchev–Trinajstić information content (AvgIpc) is 1.99. The highest BCUT2D eigenvalue weighted by molar-refractivity contribution is 5.25. The molecule has 0 spiro atoms. The Bertz CT molecular complexity index is 216. The third kappa shape index (κ3) is 2.37. The van der Waals surface area contributed by atoms with Gasteiger partial charge >= 0.3 is 0 Å². The van der Waals surface area contributed by atoms with E-state index in [2.05, 4.69) is 13.2 Å². The third-order valence-corrected chi connectivity index (χ3v) is 1.35. The van der Waals surface area contributed by atoms with Crippen molar-refractivity contribution in [3.05, 3.63) is 46.7 Å². The van der Waals surface area contributed by atoms with Gasteiger partial charge in [-0.25, -0.2) is 0 Å². The zero-order chi connectivity index (χ0) is 8.85. The minimum atomic E-state index is -0.451. The number of hydrogen-bond donors (Lipinski definition) is 0. The Hall–Kier alpha value is -1.38. The van der Waals surface area contributed by atoms with E-state index in [0.29, 0.717) is 12.0 Å². The van der Waals surface area contributed by atoms with Gasteiger partial charge < -0.3 is 0 Å². The van der Waals surface area contributed by atoms with E-state index < -0.39 is 4.92 Å². The van der Waals surface area contributed by atoms with Crippen LogP contribution in [0.2, 0.25) is 0 Å². The molecule has 0 unspecified atom stereocenters.